The molecule has 3 nitrogen and oxygen atoms in total. The van der Waals surface area contributed by atoms with Crippen LogP contribution in [0.1, 0.15) is 19.8 Å². The molecule has 0 amide bonds. The molecule has 96 valence electrons. The lowest BCUT2D eigenvalue weighted by Gasteiger charge is -2.05. The fraction of sp³-hybridized carbons (Fsp3) is 0.500. The van der Waals surface area contributed by atoms with Gasteiger partial charge in [0.25, 0.3) is 0 Å². The van der Waals surface area contributed by atoms with Crippen LogP contribution in [0.2, 0.25) is 0 Å². The van der Waals surface area contributed by atoms with Crippen molar-refractivity contribution in [3.8, 4) is 0 Å². The standard InChI is InChI=1S/C12H19NO2S2/c1-10(13)4-3-9-16-11-5-7-12(8-6-11)17(2,14)15/h5-8,10H,3-4,9,13H2,1-2H3. The molecule has 0 bridgehead atoms. The number of thioether (sulfide) groups is 1. The van der Waals surface area contributed by atoms with Crippen LogP contribution in [0.15, 0.2) is 34.1 Å². The maximum atomic E-state index is 11.3. The van der Waals surface area contributed by atoms with E-state index in [2.05, 4.69) is 0 Å². The second-order valence-electron chi connectivity index (χ2n) is 4.21. The maximum Gasteiger partial charge on any atom is 0.175 e. The zero-order chi connectivity index (χ0) is 12.9. The third kappa shape index (κ3) is 5.57. The van der Waals surface area contributed by atoms with Crippen LogP contribution >= 0.6 is 11.8 Å². The van der Waals surface area contributed by atoms with Crippen LogP contribution in [-0.4, -0.2) is 26.5 Å². The Morgan fingerprint density at radius 1 is 1.29 bits per heavy atom. The van der Waals surface area contributed by atoms with Crippen LogP contribution < -0.4 is 5.73 Å². The molecule has 2 N–H and O–H groups in total. The van der Waals surface area contributed by atoms with Gasteiger partial charge in [0.15, 0.2) is 9.84 Å². The minimum absolute atomic E-state index is 0.253. The highest BCUT2D eigenvalue weighted by Crippen LogP contribution is 2.21. The quantitative estimate of drug-likeness (QED) is 0.638. The first kappa shape index (κ1) is 14.5. The summed E-state index contributed by atoms with van der Waals surface area (Å²) in [6, 6.07) is 7.27. The predicted octanol–water partition coefficient (Wildman–Crippen LogP) is 2.31. The van der Waals surface area contributed by atoms with Gasteiger partial charge in [0.2, 0.25) is 0 Å². The summed E-state index contributed by atoms with van der Waals surface area (Å²) in [5.74, 6) is 1.01. The number of rotatable bonds is 6. The average Bonchev–Trinajstić information content (AvgIpc) is 2.23. The lowest BCUT2D eigenvalue weighted by molar-refractivity contribution is 0.602. The third-order valence-corrected chi connectivity index (χ3v) is 4.55. The van der Waals surface area contributed by atoms with Crippen molar-refractivity contribution in [2.75, 3.05) is 12.0 Å². The highest BCUT2D eigenvalue weighted by atomic mass is 32.2. The van der Waals surface area contributed by atoms with E-state index in [1.54, 1.807) is 23.9 Å². The van der Waals surface area contributed by atoms with E-state index >= 15 is 0 Å². The van der Waals surface area contributed by atoms with Crippen LogP contribution in [0.5, 0.6) is 0 Å². The molecule has 5 heteroatoms. The first-order valence-corrected chi connectivity index (χ1v) is 8.46. The van der Waals surface area contributed by atoms with Crippen molar-refractivity contribution in [2.24, 2.45) is 5.73 Å². The maximum absolute atomic E-state index is 11.3. The number of hydrogen-bond acceptors (Lipinski definition) is 4. The molecule has 0 aliphatic rings. The number of nitrogens with two attached hydrogens (primary N) is 1. The largest absolute Gasteiger partial charge is 0.328 e. The zero-order valence-electron chi connectivity index (χ0n) is 10.2. The molecule has 0 aliphatic heterocycles. The summed E-state index contributed by atoms with van der Waals surface area (Å²) in [4.78, 5) is 1.47. The Labute approximate surface area is 108 Å². The molecule has 1 rings (SSSR count). The van der Waals surface area contributed by atoms with Crippen LogP contribution in [0.25, 0.3) is 0 Å². The molecule has 0 heterocycles. The average molecular weight is 273 g/mol. The molecule has 0 saturated carbocycles. The Morgan fingerprint density at radius 2 is 1.88 bits per heavy atom. The van der Waals surface area contributed by atoms with Gasteiger partial charge in [-0.25, -0.2) is 8.42 Å². The molecule has 0 spiro atoms. The highest BCUT2D eigenvalue weighted by Gasteiger charge is 2.06. The SMILES string of the molecule is CC(N)CCCSc1ccc(S(C)(=O)=O)cc1. The van der Waals surface area contributed by atoms with Crippen LogP contribution in [0.3, 0.4) is 0 Å². The van der Waals surface area contributed by atoms with Crippen LogP contribution in [0.4, 0.5) is 0 Å². The van der Waals surface area contributed by atoms with E-state index in [0.717, 1.165) is 23.5 Å². The molecule has 17 heavy (non-hydrogen) atoms. The van der Waals surface area contributed by atoms with Crippen molar-refractivity contribution < 1.29 is 8.42 Å². The predicted molar refractivity (Wildman–Crippen MR) is 73.2 cm³/mol. The van der Waals surface area contributed by atoms with E-state index in [1.807, 2.05) is 19.1 Å². The number of benzene rings is 1. The lowest BCUT2D eigenvalue weighted by Crippen LogP contribution is -2.14. The molecular weight excluding hydrogens is 254 g/mol. The molecule has 0 radical (unpaired) electrons. The fourth-order valence-electron chi connectivity index (χ4n) is 1.38. The van der Waals surface area contributed by atoms with Crippen LogP contribution in [0, 0.1) is 0 Å². The van der Waals surface area contributed by atoms with Gasteiger partial charge in [0, 0.05) is 17.2 Å². The van der Waals surface area contributed by atoms with Crippen LogP contribution in [-0.2, 0) is 9.84 Å². The second kappa shape index (κ2) is 6.42. The van der Waals surface area contributed by atoms with E-state index in [9.17, 15) is 8.42 Å². The van der Waals surface area contributed by atoms with Gasteiger partial charge in [0.05, 0.1) is 4.90 Å². The van der Waals surface area contributed by atoms with E-state index in [-0.39, 0.29) is 6.04 Å². The summed E-state index contributed by atoms with van der Waals surface area (Å²) >= 11 is 1.73. The zero-order valence-corrected chi connectivity index (χ0v) is 11.9. The summed E-state index contributed by atoms with van der Waals surface area (Å²) in [5.41, 5.74) is 5.66. The smallest absolute Gasteiger partial charge is 0.175 e. The van der Waals surface area contributed by atoms with Gasteiger partial charge in [-0.1, -0.05) is 0 Å². The van der Waals surface area contributed by atoms with E-state index in [4.69, 9.17) is 5.73 Å². The fourth-order valence-corrected chi connectivity index (χ4v) is 2.88. The lowest BCUT2D eigenvalue weighted by atomic mass is 10.2. The number of sulfone groups is 1. The third-order valence-electron chi connectivity index (χ3n) is 2.32. The first-order chi connectivity index (χ1) is 7.89. The summed E-state index contributed by atoms with van der Waals surface area (Å²) in [6.07, 6.45) is 3.32. The first-order valence-electron chi connectivity index (χ1n) is 5.58. The molecule has 0 fully saturated rings. The van der Waals surface area contributed by atoms with Gasteiger partial charge in [-0.2, -0.15) is 0 Å². The molecular formula is C12H19NO2S2. The summed E-state index contributed by atoms with van der Waals surface area (Å²) < 4.78 is 22.5. The van der Waals surface area contributed by atoms with Crippen molar-refractivity contribution in [2.45, 2.75) is 35.6 Å². The molecule has 1 aromatic rings. The molecule has 0 aliphatic carbocycles. The molecule has 1 aromatic carbocycles. The number of hydrogen-bond donors (Lipinski definition) is 1. The highest BCUT2D eigenvalue weighted by molar-refractivity contribution is 7.99. The van der Waals surface area contributed by atoms with Crippen molar-refractivity contribution >= 4 is 21.6 Å². The van der Waals surface area contributed by atoms with Gasteiger partial charge < -0.3 is 5.73 Å². The second-order valence-corrected chi connectivity index (χ2v) is 7.40. The van der Waals surface area contributed by atoms with Crippen molar-refractivity contribution in [3.63, 3.8) is 0 Å². The van der Waals surface area contributed by atoms with Gasteiger partial charge in [-0.15, -0.1) is 11.8 Å². The summed E-state index contributed by atoms with van der Waals surface area (Å²) in [6.45, 7) is 2.01. The van der Waals surface area contributed by atoms with Crippen molar-refractivity contribution in [3.05, 3.63) is 24.3 Å². The Kier molecular flexibility index (Phi) is 5.49. The molecule has 0 saturated heterocycles. The van der Waals surface area contributed by atoms with Crippen molar-refractivity contribution in [1.29, 1.82) is 0 Å². The molecule has 1 atom stereocenters. The van der Waals surface area contributed by atoms with Gasteiger partial charge in [-0.3, -0.25) is 0 Å². The monoisotopic (exact) mass is 273 g/mol. The van der Waals surface area contributed by atoms with Gasteiger partial charge in [-0.05, 0) is 49.8 Å². The van der Waals surface area contributed by atoms with Gasteiger partial charge >= 0.3 is 0 Å². The Balaban J connectivity index is 2.46. The topological polar surface area (TPSA) is 60.2 Å². The normalized spacial score (nSPS) is 13.6. The Morgan fingerprint density at radius 3 is 2.35 bits per heavy atom. The van der Waals surface area contributed by atoms with Gasteiger partial charge in [0.1, 0.15) is 0 Å². The Hall–Kier alpha value is -0.520. The van der Waals surface area contributed by atoms with E-state index in [0.29, 0.717) is 4.90 Å². The molecule has 1 unspecified atom stereocenters. The van der Waals surface area contributed by atoms with E-state index in [1.165, 1.54) is 6.26 Å². The van der Waals surface area contributed by atoms with E-state index < -0.39 is 9.84 Å². The summed E-state index contributed by atoms with van der Waals surface area (Å²) in [5, 5.41) is 0. The minimum Gasteiger partial charge on any atom is -0.328 e. The van der Waals surface area contributed by atoms with Crippen molar-refractivity contribution in [1.82, 2.24) is 0 Å². The minimum atomic E-state index is -3.08. The Bertz CT molecular complexity index is 438. The summed E-state index contributed by atoms with van der Waals surface area (Å²) in [7, 11) is -3.08. The molecule has 0 aromatic heterocycles.